The SMILES string of the molecule is CC.CC1CCO[C@H](C)CN(C(=O)OC(C)(C)C)C1.CCCC.Cc1[c-]ccc(-c2ccc(C)cc2)c1.N#CCNC=O.[CH-]=C.[U+2]. The Bertz CT molecular complexity index is 1040. The Morgan fingerprint density at radius 2 is 1.67 bits per heavy atom. The molecule has 0 saturated carbocycles. The molecule has 7 nitrogen and oxygen atoms in total. The summed E-state index contributed by atoms with van der Waals surface area (Å²) >= 11 is 0. The van der Waals surface area contributed by atoms with Crippen LogP contribution in [0.2, 0.25) is 0 Å². The molecule has 3 rings (SSSR count). The normalized spacial score (nSPS) is 14.8. The topological polar surface area (TPSA) is 91.7 Å². The van der Waals surface area contributed by atoms with Crippen molar-refractivity contribution in [2.24, 2.45) is 5.92 Å². The van der Waals surface area contributed by atoms with Gasteiger partial charge in [-0.3, -0.25) is 11.4 Å². The minimum Gasteiger partial charge on any atom is -0.521 e. The molecule has 1 aliphatic rings. The molecule has 0 aromatic heterocycles. The molecule has 0 radical (unpaired) electrons. The van der Waals surface area contributed by atoms with E-state index in [-0.39, 0.29) is 49.9 Å². The van der Waals surface area contributed by atoms with E-state index in [0.29, 0.717) is 18.9 Å². The van der Waals surface area contributed by atoms with Gasteiger partial charge in [0.2, 0.25) is 6.41 Å². The Morgan fingerprint density at radius 1 is 1.11 bits per heavy atom. The number of benzene rings is 2. The number of nitriles is 1. The predicted octanol–water partition coefficient (Wildman–Crippen LogP) is 9.13. The van der Waals surface area contributed by atoms with Gasteiger partial charge in [0.1, 0.15) is 12.1 Å². The Morgan fingerprint density at radius 3 is 2.11 bits per heavy atom. The van der Waals surface area contributed by atoms with E-state index in [2.05, 4.69) is 95.6 Å². The summed E-state index contributed by atoms with van der Waals surface area (Å²) in [7, 11) is 0. The van der Waals surface area contributed by atoms with Crippen molar-refractivity contribution >= 4 is 12.5 Å². The largest absolute Gasteiger partial charge is 2.00 e. The molecule has 2 aromatic rings. The second-order valence-electron chi connectivity index (χ2n) is 11.2. The molecule has 2 aromatic carbocycles. The first-order valence-electron chi connectivity index (χ1n) is 16.0. The van der Waals surface area contributed by atoms with E-state index < -0.39 is 5.60 Å². The third-order valence-electron chi connectivity index (χ3n) is 5.77. The van der Waals surface area contributed by atoms with Crippen LogP contribution in [0, 0.1) is 74.9 Å². The van der Waals surface area contributed by atoms with Crippen LogP contribution in [0.3, 0.4) is 0 Å². The molecule has 1 aliphatic heterocycles. The molecule has 1 saturated heterocycles. The molecule has 1 heterocycles. The zero-order valence-electron chi connectivity index (χ0n) is 30.5. The van der Waals surface area contributed by atoms with Crippen molar-refractivity contribution < 1.29 is 50.2 Å². The molecule has 8 heteroatoms. The number of aryl methyl sites for hydroxylation is 2. The number of hydrogen-bond acceptors (Lipinski definition) is 5. The number of hydrogen-bond donors (Lipinski definition) is 1. The van der Waals surface area contributed by atoms with Gasteiger partial charge in [0.15, 0.2) is 0 Å². The zero-order valence-corrected chi connectivity index (χ0v) is 34.7. The average molecular weight is 862 g/mol. The third-order valence-corrected chi connectivity index (χ3v) is 5.77. The van der Waals surface area contributed by atoms with Crippen LogP contribution in [-0.4, -0.2) is 55.3 Å². The van der Waals surface area contributed by atoms with Crippen LogP contribution in [0.25, 0.3) is 11.1 Å². The second-order valence-corrected chi connectivity index (χ2v) is 11.2. The predicted molar refractivity (Wildman–Crippen MR) is 189 cm³/mol. The number of rotatable bonds is 4. The number of ether oxygens (including phenoxy) is 2. The van der Waals surface area contributed by atoms with Gasteiger partial charge in [-0.2, -0.15) is 35.1 Å². The fourth-order valence-electron chi connectivity index (χ4n) is 3.45. The molecule has 1 fully saturated rings. The van der Waals surface area contributed by atoms with Crippen LogP contribution in [-0.2, 0) is 14.3 Å². The zero-order chi connectivity index (χ0) is 35.3. The molecule has 0 aliphatic carbocycles. The Kier molecular flexibility index (Phi) is 35.4. The maximum absolute atomic E-state index is 12.0. The second kappa shape index (κ2) is 32.4. The van der Waals surface area contributed by atoms with Gasteiger partial charge in [-0.15, -0.1) is 5.56 Å². The average Bonchev–Trinajstić information content (AvgIpc) is 3.01. The number of nitrogens with zero attached hydrogens (tertiary/aromatic N) is 2. The number of carbonyl (C=O) groups is 2. The third kappa shape index (κ3) is 28.9. The van der Waals surface area contributed by atoms with Crippen LogP contribution in [0.5, 0.6) is 0 Å². The molecule has 256 valence electrons. The first-order chi connectivity index (χ1) is 21.4. The van der Waals surface area contributed by atoms with E-state index in [1.165, 1.54) is 35.1 Å². The van der Waals surface area contributed by atoms with Crippen molar-refractivity contribution in [3.05, 3.63) is 72.8 Å². The van der Waals surface area contributed by atoms with Gasteiger partial charge in [-0.1, -0.05) is 84.2 Å². The summed E-state index contributed by atoms with van der Waals surface area (Å²) in [4.78, 5) is 23.1. The summed E-state index contributed by atoms with van der Waals surface area (Å²) in [6.07, 6.45) is 3.96. The van der Waals surface area contributed by atoms with Crippen molar-refractivity contribution in [1.82, 2.24) is 10.2 Å². The van der Waals surface area contributed by atoms with Crippen molar-refractivity contribution in [1.29, 1.82) is 5.26 Å². The standard InChI is InChI=1S/C14H13.C13H25NO3.C4H10.C3H4N2O.C2H6.C2H3.U/c1-11-6-8-13(9-7-11)14-5-3-4-12(2)10-14;1-10-6-7-16-11(2)9-14(8-10)12(15)17-13(3,4)5;1-3-4-2;4-1-2-5-3-6;2*1-2;/h3,5-10H,1-2H3;10-11H,6-9H2,1-5H3;3-4H2,1-2H3;3H,2H2,(H,5,6);1-2H3;1H,2H2;/q-1;;;;;-1;+2/t;10?,11-;;;;;/m.1...../s1. The molecule has 46 heavy (non-hydrogen) atoms. The van der Waals surface area contributed by atoms with Gasteiger partial charge in [-0.05, 0) is 52.5 Å². The summed E-state index contributed by atoms with van der Waals surface area (Å²) in [5, 5.41) is 9.88. The summed E-state index contributed by atoms with van der Waals surface area (Å²) in [5.41, 5.74) is 4.58. The minimum atomic E-state index is -0.438. The van der Waals surface area contributed by atoms with E-state index in [9.17, 15) is 9.59 Å². The number of carbonyl (C=O) groups excluding carboxylic acids is 2. The molecular weight excluding hydrogens is 800 g/mol. The van der Waals surface area contributed by atoms with E-state index in [1.807, 2.05) is 47.6 Å². The molecule has 0 bridgehead atoms. The first kappa shape index (κ1) is 50.3. The fraction of sp³-hybridized carbons (Fsp3) is 0.553. The Hall–Kier alpha value is -2.58. The number of amides is 2. The van der Waals surface area contributed by atoms with E-state index in [1.54, 1.807) is 11.0 Å². The maximum Gasteiger partial charge on any atom is 2.00 e. The minimum absolute atomic E-state index is 0. The van der Waals surface area contributed by atoms with Gasteiger partial charge in [0.05, 0.1) is 12.2 Å². The van der Waals surface area contributed by atoms with Crippen molar-refractivity contribution in [2.75, 3.05) is 26.2 Å². The molecule has 1 N–H and O–H groups in total. The fourth-order valence-corrected chi connectivity index (χ4v) is 3.45. The number of nitrogens with one attached hydrogen (secondary N) is 1. The number of unbranched alkanes of at least 4 members (excludes halogenated alkanes) is 1. The van der Waals surface area contributed by atoms with Crippen LogP contribution in [0.15, 0.2) is 49.0 Å². The smallest absolute Gasteiger partial charge is 0.521 e. The monoisotopic (exact) mass is 862 g/mol. The van der Waals surface area contributed by atoms with Crippen molar-refractivity contribution in [3.8, 4) is 17.2 Å². The maximum atomic E-state index is 12.0. The summed E-state index contributed by atoms with van der Waals surface area (Å²) in [6, 6.07) is 19.7. The quantitative estimate of drug-likeness (QED) is 0.143. The molecule has 0 spiro atoms. The van der Waals surface area contributed by atoms with E-state index >= 15 is 0 Å². The summed E-state index contributed by atoms with van der Waals surface area (Å²) < 4.78 is 11.0. The van der Waals surface area contributed by atoms with Crippen LogP contribution in [0.4, 0.5) is 4.79 Å². The summed E-state index contributed by atoms with van der Waals surface area (Å²) in [6.45, 7) is 31.6. The molecular formula is C38H61N3O4U. The van der Waals surface area contributed by atoms with Crippen LogP contribution < -0.4 is 5.32 Å². The first-order valence-corrected chi connectivity index (χ1v) is 16.0. The van der Waals surface area contributed by atoms with Gasteiger partial charge >= 0.3 is 37.2 Å². The summed E-state index contributed by atoms with van der Waals surface area (Å²) in [5.74, 6) is 0.454. The molecule has 2 amide bonds. The van der Waals surface area contributed by atoms with Gasteiger partial charge < -0.3 is 26.3 Å². The van der Waals surface area contributed by atoms with E-state index in [0.717, 1.165) is 19.6 Å². The van der Waals surface area contributed by atoms with Gasteiger partial charge in [-0.25, -0.2) is 4.79 Å². The van der Waals surface area contributed by atoms with Crippen molar-refractivity contribution in [2.45, 2.75) is 107 Å². The Labute approximate surface area is 305 Å². The van der Waals surface area contributed by atoms with Crippen LogP contribution >= 0.6 is 0 Å². The van der Waals surface area contributed by atoms with Crippen molar-refractivity contribution in [3.63, 3.8) is 0 Å². The Balaban J connectivity index is -0.000000272. The van der Waals surface area contributed by atoms with Gasteiger partial charge in [0.25, 0.3) is 0 Å². The van der Waals surface area contributed by atoms with E-state index in [4.69, 9.17) is 14.7 Å². The van der Waals surface area contributed by atoms with Crippen LogP contribution in [0.1, 0.15) is 92.7 Å². The molecule has 2 atom stereocenters. The van der Waals surface area contributed by atoms with Gasteiger partial charge in [0, 0.05) is 19.7 Å². The molecule has 1 unspecified atom stereocenters.